The standard InChI is InChI=1S/C15H13BrN4O3/c16-8-1-2-9-7(6-18-10(9)4-8)3-11-14(22)20-12(5-13(17)21)15(23)19-11/h1-4,6,12,18H,5H2,(H2,17,21)(H,19,23)(H,20,22)/b11-3-. The number of primary amides is 1. The van der Waals surface area contributed by atoms with E-state index in [4.69, 9.17) is 5.73 Å². The molecule has 7 nitrogen and oxygen atoms in total. The first-order valence-electron chi connectivity index (χ1n) is 6.82. The third kappa shape index (κ3) is 3.11. The summed E-state index contributed by atoms with van der Waals surface area (Å²) < 4.78 is 0.934. The Morgan fingerprint density at radius 3 is 2.87 bits per heavy atom. The second kappa shape index (κ2) is 5.88. The van der Waals surface area contributed by atoms with E-state index in [0.29, 0.717) is 0 Å². The van der Waals surface area contributed by atoms with Gasteiger partial charge in [0.25, 0.3) is 5.91 Å². The molecule has 118 valence electrons. The summed E-state index contributed by atoms with van der Waals surface area (Å²) in [6.07, 6.45) is 3.10. The monoisotopic (exact) mass is 376 g/mol. The third-order valence-corrected chi connectivity index (χ3v) is 4.00. The van der Waals surface area contributed by atoms with Crippen molar-refractivity contribution in [2.24, 2.45) is 5.73 Å². The number of rotatable bonds is 3. The average Bonchev–Trinajstić information content (AvgIpc) is 2.86. The predicted octanol–water partition coefficient (Wildman–Crippen LogP) is 0.761. The van der Waals surface area contributed by atoms with Crippen molar-refractivity contribution < 1.29 is 14.4 Å². The topological polar surface area (TPSA) is 117 Å². The van der Waals surface area contributed by atoms with E-state index < -0.39 is 23.8 Å². The Morgan fingerprint density at radius 1 is 1.35 bits per heavy atom. The zero-order valence-corrected chi connectivity index (χ0v) is 13.4. The molecule has 1 aromatic carbocycles. The normalized spacial score (nSPS) is 19.7. The number of carbonyl (C=O) groups is 3. The van der Waals surface area contributed by atoms with Gasteiger partial charge in [-0.2, -0.15) is 0 Å². The fraction of sp³-hybridized carbons (Fsp3) is 0.133. The molecular weight excluding hydrogens is 364 g/mol. The zero-order valence-electron chi connectivity index (χ0n) is 11.9. The molecule has 3 amide bonds. The minimum absolute atomic E-state index is 0.125. The van der Waals surface area contributed by atoms with E-state index in [1.807, 2.05) is 18.2 Å². The minimum atomic E-state index is -0.934. The largest absolute Gasteiger partial charge is 0.370 e. The van der Waals surface area contributed by atoms with Crippen LogP contribution in [0.5, 0.6) is 0 Å². The molecule has 8 heteroatoms. The van der Waals surface area contributed by atoms with Crippen molar-refractivity contribution in [3.63, 3.8) is 0 Å². The quantitative estimate of drug-likeness (QED) is 0.592. The first kappa shape index (κ1) is 15.3. The van der Waals surface area contributed by atoms with Gasteiger partial charge in [0.1, 0.15) is 11.7 Å². The lowest BCUT2D eigenvalue weighted by Gasteiger charge is -2.24. The van der Waals surface area contributed by atoms with Crippen LogP contribution < -0.4 is 16.4 Å². The molecule has 1 aliphatic heterocycles. The summed E-state index contributed by atoms with van der Waals surface area (Å²) in [4.78, 5) is 38.0. The Kier molecular flexibility index (Phi) is 3.91. The molecule has 0 bridgehead atoms. The number of hydrogen-bond acceptors (Lipinski definition) is 3. The average molecular weight is 377 g/mol. The van der Waals surface area contributed by atoms with Gasteiger partial charge in [0.2, 0.25) is 11.8 Å². The van der Waals surface area contributed by atoms with Crippen molar-refractivity contribution >= 4 is 50.6 Å². The summed E-state index contributed by atoms with van der Waals surface area (Å²) in [5.74, 6) is -1.57. The number of amides is 3. The van der Waals surface area contributed by atoms with Crippen molar-refractivity contribution in [3.05, 3.63) is 40.1 Å². The van der Waals surface area contributed by atoms with E-state index >= 15 is 0 Å². The first-order chi connectivity index (χ1) is 10.9. The third-order valence-electron chi connectivity index (χ3n) is 3.51. The van der Waals surface area contributed by atoms with Crippen LogP contribution >= 0.6 is 15.9 Å². The molecule has 1 atom stereocenters. The maximum atomic E-state index is 12.1. The molecule has 1 aromatic heterocycles. The zero-order chi connectivity index (χ0) is 16.6. The molecule has 2 aromatic rings. The van der Waals surface area contributed by atoms with Crippen molar-refractivity contribution in [2.75, 3.05) is 0 Å². The number of fused-ring (bicyclic) bond motifs is 1. The Bertz CT molecular complexity index is 856. The molecule has 0 aliphatic carbocycles. The molecule has 0 radical (unpaired) electrons. The van der Waals surface area contributed by atoms with E-state index in [1.54, 1.807) is 12.3 Å². The van der Waals surface area contributed by atoms with Crippen LogP contribution in [0.2, 0.25) is 0 Å². The van der Waals surface area contributed by atoms with E-state index in [-0.39, 0.29) is 12.1 Å². The molecule has 5 N–H and O–H groups in total. The van der Waals surface area contributed by atoms with E-state index in [2.05, 4.69) is 31.5 Å². The SMILES string of the molecule is NC(=O)CC1NC(=O)/C(=C/c2c[nH]c3cc(Br)ccc23)NC1=O. The van der Waals surface area contributed by atoms with Crippen LogP contribution in [-0.2, 0) is 14.4 Å². The van der Waals surface area contributed by atoms with E-state index in [0.717, 1.165) is 20.9 Å². The van der Waals surface area contributed by atoms with E-state index in [1.165, 1.54) is 0 Å². The van der Waals surface area contributed by atoms with Crippen LogP contribution in [0.3, 0.4) is 0 Å². The highest BCUT2D eigenvalue weighted by Gasteiger charge is 2.30. The first-order valence-corrected chi connectivity index (χ1v) is 7.61. The van der Waals surface area contributed by atoms with Gasteiger partial charge in [0.05, 0.1) is 6.42 Å². The highest BCUT2D eigenvalue weighted by Crippen LogP contribution is 2.24. The van der Waals surface area contributed by atoms with Crippen LogP contribution in [0.15, 0.2) is 34.6 Å². The highest BCUT2D eigenvalue weighted by molar-refractivity contribution is 9.10. The lowest BCUT2D eigenvalue weighted by molar-refractivity contribution is -0.133. The van der Waals surface area contributed by atoms with Crippen LogP contribution in [0.1, 0.15) is 12.0 Å². The molecule has 1 fully saturated rings. The number of aromatic nitrogens is 1. The molecule has 23 heavy (non-hydrogen) atoms. The summed E-state index contributed by atoms with van der Waals surface area (Å²) in [6, 6.07) is 4.78. The molecule has 0 saturated carbocycles. The lowest BCUT2D eigenvalue weighted by Crippen LogP contribution is -2.55. The second-order valence-corrected chi connectivity index (χ2v) is 6.09. The van der Waals surface area contributed by atoms with Gasteiger partial charge in [-0.3, -0.25) is 14.4 Å². The summed E-state index contributed by atoms with van der Waals surface area (Å²) in [6.45, 7) is 0. The molecule has 1 saturated heterocycles. The minimum Gasteiger partial charge on any atom is -0.370 e. The maximum absolute atomic E-state index is 12.1. The van der Waals surface area contributed by atoms with Crippen LogP contribution in [0.25, 0.3) is 17.0 Å². The molecule has 1 aliphatic rings. The number of carbonyl (C=O) groups excluding carboxylic acids is 3. The van der Waals surface area contributed by atoms with Gasteiger partial charge in [-0.1, -0.05) is 22.0 Å². The Hall–Kier alpha value is -2.61. The summed E-state index contributed by atoms with van der Waals surface area (Å²) in [5, 5.41) is 5.91. The van der Waals surface area contributed by atoms with Crippen molar-refractivity contribution in [1.29, 1.82) is 0 Å². The summed E-state index contributed by atoms with van der Waals surface area (Å²) in [7, 11) is 0. The van der Waals surface area contributed by atoms with Crippen molar-refractivity contribution in [1.82, 2.24) is 15.6 Å². The summed E-state index contributed by atoms with van der Waals surface area (Å²) in [5.41, 5.74) is 6.85. The second-order valence-electron chi connectivity index (χ2n) is 5.18. The van der Waals surface area contributed by atoms with Crippen LogP contribution in [0.4, 0.5) is 0 Å². The number of nitrogens with one attached hydrogen (secondary N) is 3. The molecular formula is C15H13BrN4O3. The van der Waals surface area contributed by atoms with Crippen LogP contribution in [0, 0.1) is 0 Å². The Morgan fingerprint density at radius 2 is 2.13 bits per heavy atom. The number of halogens is 1. The van der Waals surface area contributed by atoms with E-state index in [9.17, 15) is 14.4 Å². The fourth-order valence-corrected chi connectivity index (χ4v) is 2.78. The highest BCUT2D eigenvalue weighted by atomic mass is 79.9. The Balaban J connectivity index is 1.89. The molecule has 3 rings (SSSR count). The molecule has 2 heterocycles. The Labute approximate surface area is 139 Å². The van der Waals surface area contributed by atoms with Gasteiger partial charge in [-0.15, -0.1) is 0 Å². The molecule has 1 unspecified atom stereocenters. The molecule has 0 spiro atoms. The van der Waals surface area contributed by atoms with Crippen molar-refractivity contribution in [2.45, 2.75) is 12.5 Å². The van der Waals surface area contributed by atoms with Crippen molar-refractivity contribution in [3.8, 4) is 0 Å². The van der Waals surface area contributed by atoms with Gasteiger partial charge >= 0.3 is 0 Å². The van der Waals surface area contributed by atoms with Gasteiger partial charge in [-0.25, -0.2) is 0 Å². The smallest absolute Gasteiger partial charge is 0.268 e. The number of H-pyrrole nitrogens is 1. The van der Waals surface area contributed by atoms with Crippen LogP contribution in [-0.4, -0.2) is 28.7 Å². The number of piperazine rings is 1. The van der Waals surface area contributed by atoms with Gasteiger partial charge in [0, 0.05) is 27.1 Å². The van der Waals surface area contributed by atoms with Gasteiger partial charge in [-0.05, 0) is 18.2 Å². The predicted molar refractivity (Wildman–Crippen MR) is 87.9 cm³/mol. The number of nitrogens with two attached hydrogens (primary N) is 1. The van der Waals surface area contributed by atoms with Gasteiger partial charge in [0.15, 0.2) is 0 Å². The number of benzene rings is 1. The number of aromatic amines is 1. The number of hydrogen-bond donors (Lipinski definition) is 4. The maximum Gasteiger partial charge on any atom is 0.268 e. The van der Waals surface area contributed by atoms with Gasteiger partial charge < -0.3 is 21.4 Å². The fourth-order valence-electron chi connectivity index (χ4n) is 2.42. The lowest BCUT2D eigenvalue weighted by atomic mass is 10.1. The summed E-state index contributed by atoms with van der Waals surface area (Å²) >= 11 is 3.39.